The Hall–Kier alpha value is -1.26. The molecule has 0 aromatic heterocycles. The van der Waals surface area contributed by atoms with Crippen molar-refractivity contribution >= 4 is 14.1 Å². The molecule has 0 fully saturated rings. The molecule has 4 heteroatoms. The summed E-state index contributed by atoms with van der Waals surface area (Å²) in [6.07, 6.45) is 0. The van der Waals surface area contributed by atoms with Crippen molar-refractivity contribution in [2.75, 3.05) is 20.8 Å². The van der Waals surface area contributed by atoms with Gasteiger partial charge in [-0.25, -0.2) is 0 Å². The van der Waals surface area contributed by atoms with Crippen LogP contribution in [0.3, 0.4) is 0 Å². The van der Waals surface area contributed by atoms with Gasteiger partial charge in [-0.1, -0.05) is 53.7 Å². The van der Waals surface area contributed by atoms with E-state index in [1.807, 2.05) is 18.2 Å². The Balaban J connectivity index is 3.33. The molecule has 0 saturated heterocycles. The van der Waals surface area contributed by atoms with Gasteiger partial charge in [0.25, 0.3) is 0 Å². The van der Waals surface area contributed by atoms with Gasteiger partial charge in [-0.05, 0) is 35.7 Å². The van der Waals surface area contributed by atoms with Crippen molar-refractivity contribution < 1.29 is 13.9 Å². The van der Waals surface area contributed by atoms with Crippen LogP contribution in [0.4, 0.5) is 0 Å². The summed E-state index contributed by atoms with van der Waals surface area (Å²) >= 11 is 0. The summed E-state index contributed by atoms with van der Waals surface area (Å²) in [4.78, 5) is 0. The van der Waals surface area contributed by atoms with E-state index in [2.05, 4.69) is 60.7 Å². The molecule has 0 N–H and O–H groups in total. The van der Waals surface area contributed by atoms with Crippen LogP contribution in [0.5, 0.6) is 5.75 Å². The Morgan fingerprint density at radius 2 is 1.60 bits per heavy atom. The lowest BCUT2D eigenvalue weighted by atomic mass is 9.84. The summed E-state index contributed by atoms with van der Waals surface area (Å²) in [7, 11) is 1.57. The Morgan fingerprint density at radius 3 is 2.04 bits per heavy atom. The predicted octanol–water partition coefficient (Wildman–Crippen LogP) is 6.12. The molecule has 0 aliphatic carbocycles. The number of benzene rings is 1. The Kier molecular flexibility index (Phi) is 6.93. The molecule has 0 saturated carbocycles. The smallest absolute Gasteiger partial charge is 0.192 e. The van der Waals surface area contributed by atoms with Crippen LogP contribution in [-0.4, -0.2) is 29.1 Å². The van der Waals surface area contributed by atoms with E-state index in [1.54, 1.807) is 14.2 Å². The standard InChI is InChI=1S/C21H36O3Si/c1-20(2,3)18(15-24-25(9,10)21(4,5)6)19(23-8)16-12-11-13-17(14-16)22-7/h11-14H,15H2,1-10H3/b19-18-. The predicted molar refractivity (Wildman–Crippen MR) is 110 cm³/mol. The lowest BCUT2D eigenvalue weighted by molar-refractivity contribution is 0.276. The molecule has 0 heterocycles. The molecule has 3 nitrogen and oxygen atoms in total. The fourth-order valence-corrected chi connectivity index (χ4v) is 3.21. The molecule has 142 valence electrons. The van der Waals surface area contributed by atoms with E-state index in [-0.39, 0.29) is 10.5 Å². The maximum Gasteiger partial charge on any atom is 0.192 e. The van der Waals surface area contributed by atoms with Crippen molar-refractivity contribution in [3.05, 3.63) is 35.4 Å². The molecular formula is C21H36O3Si. The number of hydrogen-bond acceptors (Lipinski definition) is 3. The zero-order valence-corrected chi connectivity index (χ0v) is 18.7. The van der Waals surface area contributed by atoms with Crippen molar-refractivity contribution in [2.45, 2.75) is 59.7 Å². The van der Waals surface area contributed by atoms with Crippen molar-refractivity contribution in [1.82, 2.24) is 0 Å². The average Bonchev–Trinajstić information content (AvgIpc) is 2.49. The van der Waals surface area contributed by atoms with Gasteiger partial charge >= 0.3 is 0 Å². The largest absolute Gasteiger partial charge is 0.497 e. The maximum absolute atomic E-state index is 6.51. The molecule has 0 aliphatic rings. The SMILES string of the molecule is CO/C(=C(/CO[Si](C)(C)C(C)(C)C)C(C)(C)C)c1cccc(OC)c1. The minimum atomic E-state index is -1.84. The highest BCUT2D eigenvalue weighted by Crippen LogP contribution is 2.39. The highest BCUT2D eigenvalue weighted by atomic mass is 28.4. The van der Waals surface area contributed by atoms with Crippen LogP contribution in [0.25, 0.3) is 5.76 Å². The van der Waals surface area contributed by atoms with E-state index < -0.39 is 8.32 Å². The van der Waals surface area contributed by atoms with Crippen LogP contribution < -0.4 is 4.74 Å². The molecule has 0 aliphatic heterocycles. The molecule has 0 atom stereocenters. The van der Waals surface area contributed by atoms with E-state index in [1.165, 1.54) is 5.57 Å². The second-order valence-electron chi connectivity index (χ2n) is 9.04. The summed E-state index contributed by atoms with van der Waals surface area (Å²) in [5, 5.41) is 0.180. The first kappa shape index (κ1) is 21.8. The first-order valence-corrected chi connectivity index (χ1v) is 11.8. The summed E-state index contributed by atoms with van der Waals surface area (Å²) in [5.41, 5.74) is 2.13. The van der Waals surface area contributed by atoms with E-state index in [4.69, 9.17) is 13.9 Å². The number of methoxy groups -OCH3 is 2. The Morgan fingerprint density at radius 1 is 1.00 bits per heavy atom. The molecule has 0 radical (unpaired) electrons. The molecule has 0 spiro atoms. The minimum absolute atomic E-state index is 0.0587. The molecule has 0 amide bonds. The van der Waals surface area contributed by atoms with Crippen LogP contribution in [0.2, 0.25) is 18.1 Å². The number of rotatable bonds is 6. The van der Waals surface area contributed by atoms with Crippen LogP contribution in [0.15, 0.2) is 29.8 Å². The van der Waals surface area contributed by atoms with Gasteiger partial charge in [0, 0.05) is 11.1 Å². The molecule has 1 aromatic rings. The quantitative estimate of drug-likeness (QED) is 0.449. The Bertz CT molecular complexity index is 604. The van der Waals surface area contributed by atoms with Gasteiger partial charge < -0.3 is 13.9 Å². The fourth-order valence-electron chi connectivity index (χ4n) is 2.27. The summed E-state index contributed by atoms with van der Waals surface area (Å²) in [6.45, 7) is 18.6. The fraction of sp³-hybridized carbons (Fsp3) is 0.619. The van der Waals surface area contributed by atoms with E-state index in [0.717, 1.165) is 17.1 Å². The Labute approximate surface area is 155 Å². The monoisotopic (exact) mass is 364 g/mol. The third-order valence-corrected chi connectivity index (χ3v) is 9.58. The van der Waals surface area contributed by atoms with Gasteiger partial charge in [0.2, 0.25) is 0 Å². The van der Waals surface area contributed by atoms with E-state index in [0.29, 0.717) is 6.61 Å². The van der Waals surface area contributed by atoms with Gasteiger partial charge in [-0.15, -0.1) is 0 Å². The molecule has 1 aromatic carbocycles. The van der Waals surface area contributed by atoms with Crippen molar-refractivity contribution in [1.29, 1.82) is 0 Å². The topological polar surface area (TPSA) is 27.7 Å². The molecule has 25 heavy (non-hydrogen) atoms. The van der Waals surface area contributed by atoms with Crippen LogP contribution in [0, 0.1) is 5.41 Å². The van der Waals surface area contributed by atoms with Gasteiger partial charge in [0.1, 0.15) is 11.5 Å². The third-order valence-electron chi connectivity index (χ3n) is 5.10. The number of hydrogen-bond donors (Lipinski definition) is 0. The van der Waals surface area contributed by atoms with E-state index in [9.17, 15) is 0 Å². The van der Waals surface area contributed by atoms with Crippen molar-refractivity contribution in [3.63, 3.8) is 0 Å². The lowest BCUT2D eigenvalue weighted by Crippen LogP contribution is -2.42. The maximum atomic E-state index is 6.51. The first-order chi connectivity index (χ1) is 11.3. The van der Waals surface area contributed by atoms with Gasteiger partial charge in [0.05, 0.1) is 20.8 Å². The molecular weight excluding hydrogens is 328 g/mol. The van der Waals surface area contributed by atoms with Crippen molar-refractivity contribution in [2.24, 2.45) is 5.41 Å². The van der Waals surface area contributed by atoms with Gasteiger partial charge in [-0.3, -0.25) is 0 Å². The summed E-state index contributed by atoms with van der Waals surface area (Å²) in [6, 6.07) is 8.00. The summed E-state index contributed by atoms with van der Waals surface area (Å²) in [5.74, 6) is 1.70. The molecule has 1 rings (SSSR count). The van der Waals surface area contributed by atoms with E-state index >= 15 is 0 Å². The van der Waals surface area contributed by atoms with Gasteiger partial charge in [0.15, 0.2) is 8.32 Å². The molecule has 0 bridgehead atoms. The second-order valence-corrected chi connectivity index (χ2v) is 13.9. The summed E-state index contributed by atoms with van der Waals surface area (Å²) < 4.78 is 17.7. The minimum Gasteiger partial charge on any atom is -0.497 e. The zero-order valence-electron chi connectivity index (χ0n) is 17.7. The molecule has 0 unspecified atom stereocenters. The van der Waals surface area contributed by atoms with Crippen molar-refractivity contribution in [3.8, 4) is 5.75 Å². The highest BCUT2D eigenvalue weighted by Gasteiger charge is 2.38. The lowest BCUT2D eigenvalue weighted by Gasteiger charge is -2.38. The van der Waals surface area contributed by atoms with Gasteiger partial charge in [-0.2, -0.15) is 0 Å². The second kappa shape index (κ2) is 7.96. The average molecular weight is 365 g/mol. The van der Waals surface area contributed by atoms with Crippen LogP contribution >= 0.6 is 0 Å². The normalized spacial score (nSPS) is 14.2. The first-order valence-electron chi connectivity index (χ1n) is 8.89. The highest BCUT2D eigenvalue weighted by molar-refractivity contribution is 6.74. The third kappa shape index (κ3) is 5.61. The van der Waals surface area contributed by atoms with Crippen LogP contribution in [0.1, 0.15) is 47.1 Å². The zero-order chi connectivity index (χ0) is 19.5. The van der Waals surface area contributed by atoms with Crippen LogP contribution in [-0.2, 0) is 9.16 Å². The number of ether oxygens (including phenoxy) is 2.